The minimum Gasteiger partial charge on any atom is -0.454 e. The number of benzene rings is 2. The van der Waals surface area contributed by atoms with Gasteiger partial charge in [0.05, 0.1) is 17.3 Å². The maximum absolute atomic E-state index is 11.7. The summed E-state index contributed by atoms with van der Waals surface area (Å²) in [7, 11) is 0. The van der Waals surface area contributed by atoms with E-state index in [1.807, 2.05) is 43.3 Å². The number of halogens is 1. The van der Waals surface area contributed by atoms with E-state index in [9.17, 15) is 4.79 Å². The molecule has 4 nitrogen and oxygen atoms in total. The normalized spacial score (nSPS) is 10.1. The van der Waals surface area contributed by atoms with Crippen LogP contribution in [-0.2, 0) is 4.79 Å². The van der Waals surface area contributed by atoms with Crippen molar-refractivity contribution in [3.8, 4) is 11.5 Å². The minimum atomic E-state index is -0.0469. The van der Waals surface area contributed by atoms with Crippen molar-refractivity contribution in [2.45, 2.75) is 13.3 Å². The number of nitrogens with one attached hydrogen (secondary N) is 2. The Labute approximate surface area is 135 Å². The zero-order valence-corrected chi connectivity index (χ0v) is 13.2. The van der Waals surface area contributed by atoms with Gasteiger partial charge in [-0.3, -0.25) is 4.79 Å². The molecule has 2 aromatic carbocycles. The van der Waals surface area contributed by atoms with Gasteiger partial charge in [-0.05, 0) is 30.7 Å². The molecule has 0 unspecified atom stereocenters. The van der Waals surface area contributed by atoms with E-state index in [0.29, 0.717) is 23.1 Å². The first-order valence-corrected chi connectivity index (χ1v) is 7.60. The number of rotatable bonds is 7. The predicted molar refractivity (Wildman–Crippen MR) is 89.8 cm³/mol. The highest BCUT2D eigenvalue weighted by atomic mass is 35.5. The summed E-state index contributed by atoms with van der Waals surface area (Å²) in [5.41, 5.74) is 0.745. The molecular weight excluding hydrogens is 300 g/mol. The molecule has 5 heteroatoms. The molecule has 1 amide bonds. The summed E-state index contributed by atoms with van der Waals surface area (Å²) in [4.78, 5) is 11.7. The van der Waals surface area contributed by atoms with Gasteiger partial charge in [-0.2, -0.15) is 0 Å². The fraction of sp³-hybridized carbons (Fsp3) is 0.235. The summed E-state index contributed by atoms with van der Waals surface area (Å²) in [6.45, 7) is 2.89. The zero-order valence-electron chi connectivity index (χ0n) is 12.4. The van der Waals surface area contributed by atoms with Gasteiger partial charge in [0, 0.05) is 6.54 Å². The molecule has 2 rings (SSSR count). The highest BCUT2D eigenvalue weighted by Crippen LogP contribution is 2.33. The second kappa shape index (κ2) is 8.29. The lowest BCUT2D eigenvalue weighted by molar-refractivity contribution is -0.119. The van der Waals surface area contributed by atoms with Crippen molar-refractivity contribution >= 4 is 23.2 Å². The maximum atomic E-state index is 11.7. The number of hydrogen-bond donors (Lipinski definition) is 2. The maximum Gasteiger partial charge on any atom is 0.239 e. The first kappa shape index (κ1) is 16.2. The SMILES string of the molecule is CCCNC(=O)CNc1ccccc1Oc1ccccc1Cl. The van der Waals surface area contributed by atoms with Gasteiger partial charge in [-0.25, -0.2) is 0 Å². The molecule has 0 fully saturated rings. The first-order chi connectivity index (χ1) is 10.7. The van der Waals surface area contributed by atoms with Gasteiger partial charge in [-0.1, -0.05) is 42.8 Å². The van der Waals surface area contributed by atoms with Gasteiger partial charge < -0.3 is 15.4 Å². The van der Waals surface area contributed by atoms with Crippen LogP contribution in [0.1, 0.15) is 13.3 Å². The molecular formula is C17H19ClN2O2. The minimum absolute atomic E-state index is 0.0469. The Kier molecular flexibility index (Phi) is 6.10. The van der Waals surface area contributed by atoms with Crippen molar-refractivity contribution in [1.29, 1.82) is 0 Å². The van der Waals surface area contributed by atoms with Crippen LogP contribution in [0.25, 0.3) is 0 Å². The van der Waals surface area contributed by atoms with Crippen molar-refractivity contribution in [3.05, 3.63) is 53.6 Å². The number of amides is 1. The van der Waals surface area contributed by atoms with Crippen molar-refractivity contribution in [2.75, 3.05) is 18.4 Å². The largest absolute Gasteiger partial charge is 0.454 e. The Morgan fingerprint density at radius 1 is 1.09 bits per heavy atom. The highest BCUT2D eigenvalue weighted by molar-refractivity contribution is 6.32. The van der Waals surface area contributed by atoms with Crippen LogP contribution in [0, 0.1) is 0 Å². The quantitative estimate of drug-likeness (QED) is 0.809. The van der Waals surface area contributed by atoms with E-state index < -0.39 is 0 Å². The van der Waals surface area contributed by atoms with Crippen LogP contribution in [0.5, 0.6) is 11.5 Å². The Morgan fingerprint density at radius 3 is 2.50 bits per heavy atom. The lowest BCUT2D eigenvalue weighted by Gasteiger charge is -2.13. The van der Waals surface area contributed by atoms with E-state index in [1.54, 1.807) is 12.1 Å². The third-order valence-electron chi connectivity index (χ3n) is 2.96. The fourth-order valence-electron chi connectivity index (χ4n) is 1.85. The third-order valence-corrected chi connectivity index (χ3v) is 3.27. The highest BCUT2D eigenvalue weighted by Gasteiger charge is 2.08. The summed E-state index contributed by atoms with van der Waals surface area (Å²) < 4.78 is 5.83. The van der Waals surface area contributed by atoms with E-state index in [4.69, 9.17) is 16.3 Å². The van der Waals surface area contributed by atoms with E-state index in [2.05, 4.69) is 10.6 Å². The van der Waals surface area contributed by atoms with Gasteiger partial charge in [0.1, 0.15) is 5.75 Å². The molecule has 0 atom stereocenters. The van der Waals surface area contributed by atoms with Crippen molar-refractivity contribution in [3.63, 3.8) is 0 Å². The molecule has 0 aliphatic rings. The van der Waals surface area contributed by atoms with Gasteiger partial charge in [-0.15, -0.1) is 0 Å². The van der Waals surface area contributed by atoms with Gasteiger partial charge in [0.25, 0.3) is 0 Å². The van der Waals surface area contributed by atoms with E-state index >= 15 is 0 Å². The summed E-state index contributed by atoms with van der Waals surface area (Å²) in [6.07, 6.45) is 0.915. The molecule has 0 radical (unpaired) electrons. The van der Waals surface area contributed by atoms with Crippen molar-refractivity contribution in [2.24, 2.45) is 0 Å². The standard InChI is InChI=1S/C17H19ClN2O2/c1-2-11-19-17(21)12-20-14-8-4-6-10-16(14)22-15-9-5-3-7-13(15)18/h3-10,20H,2,11-12H2,1H3,(H,19,21). The van der Waals surface area contributed by atoms with E-state index in [0.717, 1.165) is 12.1 Å². The second-order valence-electron chi connectivity index (χ2n) is 4.73. The number of para-hydroxylation sites is 3. The average Bonchev–Trinajstić information content (AvgIpc) is 2.54. The fourth-order valence-corrected chi connectivity index (χ4v) is 2.02. The molecule has 0 bridgehead atoms. The topological polar surface area (TPSA) is 50.4 Å². The summed E-state index contributed by atoms with van der Waals surface area (Å²) in [6, 6.07) is 14.7. The van der Waals surface area contributed by atoms with E-state index in [-0.39, 0.29) is 12.5 Å². The number of anilines is 1. The lowest BCUT2D eigenvalue weighted by atomic mass is 10.3. The Balaban J connectivity index is 2.04. The Morgan fingerprint density at radius 2 is 1.77 bits per heavy atom. The Hall–Kier alpha value is -2.20. The average molecular weight is 319 g/mol. The van der Waals surface area contributed by atoms with Crippen LogP contribution in [-0.4, -0.2) is 19.0 Å². The van der Waals surface area contributed by atoms with Crippen molar-refractivity contribution in [1.82, 2.24) is 5.32 Å². The van der Waals surface area contributed by atoms with Gasteiger partial charge in [0.15, 0.2) is 5.75 Å². The number of hydrogen-bond acceptors (Lipinski definition) is 3. The number of ether oxygens (including phenoxy) is 1. The first-order valence-electron chi connectivity index (χ1n) is 7.22. The van der Waals surface area contributed by atoms with Crippen LogP contribution in [0.4, 0.5) is 5.69 Å². The Bertz CT molecular complexity index is 632. The van der Waals surface area contributed by atoms with Crippen LogP contribution in [0.3, 0.4) is 0 Å². The molecule has 2 N–H and O–H groups in total. The van der Waals surface area contributed by atoms with Gasteiger partial charge in [0.2, 0.25) is 5.91 Å². The molecule has 0 heterocycles. The van der Waals surface area contributed by atoms with Crippen LogP contribution in [0.2, 0.25) is 5.02 Å². The van der Waals surface area contributed by atoms with Crippen LogP contribution < -0.4 is 15.4 Å². The molecule has 0 saturated carbocycles. The smallest absolute Gasteiger partial charge is 0.239 e. The van der Waals surface area contributed by atoms with E-state index in [1.165, 1.54) is 0 Å². The van der Waals surface area contributed by atoms with Crippen LogP contribution in [0.15, 0.2) is 48.5 Å². The lowest BCUT2D eigenvalue weighted by Crippen LogP contribution is -2.30. The number of carbonyl (C=O) groups is 1. The predicted octanol–water partition coefficient (Wildman–Crippen LogP) is 4.07. The molecule has 2 aromatic rings. The van der Waals surface area contributed by atoms with Gasteiger partial charge >= 0.3 is 0 Å². The molecule has 0 saturated heterocycles. The zero-order chi connectivity index (χ0) is 15.8. The number of carbonyl (C=O) groups excluding carboxylic acids is 1. The summed E-state index contributed by atoms with van der Waals surface area (Å²) in [5, 5.41) is 6.44. The molecule has 0 aliphatic heterocycles. The van der Waals surface area contributed by atoms with Crippen LogP contribution >= 0.6 is 11.6 Å². The summed E-state index contributed by atoms with van der Waals surface area (Å²) in [5.74, 6) is 1.15. The molecule has 22 heavy (non-hydrogen) atoms. The molecule has 0 aromatic heterocycles. The second-order valence-corrected chi connectivity index (χ2v) is 5.14. The van der Waals surface area contributed by atoms with Crippen molar-refractivity contribution < 1.29 is 9.53 Å². The third kappa shape index (κ3) is 4.67. The molecule has 116 valence electrons. The summed E-state index contributed by atoms with van der Waals surface area (Å²) >= 11 is 6.10. The molecule has 0 aliphatic carbocycles. The monoisotopic (exact) mass is 318 g/mol. The molecule has 0 spiro atoms.